The van der Waals surface area contributed by atoms with Crippen LogP contribution in [0.4, 0.5) is 0 Å². The molecule has 2 N–H and O–H groups in total. The summed E-state index contributed by atoms with van der Waals surface area (Å²) in [6.45, 7) is 4.32. The summed E-state index contributed by atoms with van der Waals surface area (Å²) in [4.78, 5) is 12.4. The second-order valence-electron chi connectivity index (χ2n) is 6.63. The highest BCUT2D eigenvalue weighted by Crippen LogP contribution is 2.25. The number of carbonyl (C=O) groups is 1. The summed E-state index contributed by atoms with van der Waals surface area (Å²) >= 11 is 6.04. The van der Waals surface area contributed by atoms with Crippen LogP contribution >= 0.6 is 11.6 Å². The fourth-order valence-corrected chi connectivity index (χ4v) is 3.54. The van der Waals surface area contributed by atoms with Crippen LogP contribution in [-0.2, 0) is 15.4 Å². The van der Waals surface area contributed by atoms with Crippen LogP contribution in [0.3, 0.4) is 0 Å². The fourth-order valence-electron chi connectivity index (χ4n) is 2.42. The second-order valence-corrected chi connectivity index (χ2v) is 8.83. The lowest BCUT2D eigenvalue weighted by atomic mass is 9.84. The van der Waals surface area contributed by atoms with E-state index in [1.54, 1.807) is 6.07 Å². The summed E-state index contributed by atoms with van der Waals surface area (Å²) in [6.07, 6.45) is 5.06. The Labute approximate surface area is 165 Å². The van der Waals surface area contributed by atoms with Crippen LogP contribution in [0.2, 0.25) is 5.02 Å². The number of rotatable bonds is 7. The van der Waals surface area contributed by atoms with Crippen molar-refractivity contribution in [3.8, 4) is 12.3 Å². The zero-order valence-electron chi connectivity index (χ0n) is 15.1. The molecule has 0 aliphatic heterocycles. The van der Waals surface area contributed by atoms with Crippen LogP contribution in [-0.4, -0.2) is 27.4 Å². The smallest absolute Gasteiger partial charge is 0.251 e. The van der Waals surface area contributed by atoms with Crippen molar-refractivity contribution in [2.45, 2.75) is 24.2 Å². The van der Waals surface area contributed by atoms with Crippen LogP contribution in [0.1, 0.15) is 29.8 Å². The molecule has 0 saturated heterocycles. The maximum absolute atomic E-state index is 12.4. The molecule has 0 aliphatic rings. The third-order valence-electron chi connectivity index (χ3n) is 4.09. The van der Waals surface area contributed by atoms with E-state index in [-0.39, 0.29) is 22.8 Å². The molecule has 0 aromatic heterocycles. The lowest BCUT2D eigenvalue weighted by molar-refractivity contribution is 0.0945. The molecule has 0 aliphatic carbocycles. The number of sulfonamides is 1. The second kappa shape index (κ2) is 8.57. The van der Waals surface area contributed by atoms with E-state index in [0.29, 0.717) is 17.1 Å². The number of terminal acetylenes is 1. The van der Waals surface area contributed by atoms with Crippen molar-refractivity contribution in [1.82, 2.24) is 10.0 Å². The minimum atomic E-state index is -3.68. The molecule has 2 aromatic carbocycles. The highest BCUT2D eigenvalue weighted by molar-refractivity contribution is 7.89. The number of nitrogens with one attached hydrogen (secondary N) is 2. The zero-order valence-corrected chi connectivity index (χ0v) is 16.7. The van der Waals surface area contributed by atoms with Gasteiger partial charge in [-0.15, -0.1) is 6.42 Å². The molecule has 142 valence electrons. The molecule has 27 heavy (non-hydrogen) atoms. The Kier molecular flexibility index (Phi) is 6.66. The Morgan fingerprint density at radius 2 is 1.85 bits per heavy atom. The lowest BCUT2D eigenvalue weighted by Gasteiger charge is -2.26. The van der Waals surface area contributed by atoms with Gasteiger partial charge in [0.05, 0.1) is 11.4 Å². The van der Waals surface area contributed by atoms with Gasteiger partial charge in [-0.25, -0.2) is 8.42 Å². The number of hydrogen-bond acceptors (Lipinski definition) is 3. The van der Waals surface area contributed by atoms with Gasteiger partial charge in [0.2, 0.25) is 10.0 Å². The van der Waals surface area contributed by atoms with Crippen molar-refractivity contribution in [2.75, 3.05) is 13.1 Å². The maximum Gasteiger partial charge on any atom is 0.251 e. The van der Waals surface area contributed by atoms with E-state index >= 15 is 0 Å². The van der Waals surface area contributed by atoms with Crippen molar-refractivity contribution in [3.05, 3.63) is 64.7 Å². The van der Waals surface area contributed by atoms with E-state index in [1.165, 1.54) is 24.3 Å². The Bertz CT molecular complexity index is 961. The van der Waals surface area contributed by atoms with Gasteiger partial charge in [0.15, 0.2) is 0 Å². The highest BCUT2D eigenvalue weighted by atomic mass is 35.5. The average molecular weight is 405 g/mol. The van der Waals surface area contributed by atoms with E-state index in [1.807, 2.05) is 32.0 Å². The number of hydrogen-bond donors (Lipinski definition) is 2. The first-order valence-corrected chi connectivity index (χ1v) is 10.1. The van der Waals surface area contributed by atoms with Crippen LogP contribution in [0, 0.1) is 12.3 Å². The molecule has 0 heterocycles. The first-order chi connectivity index (χ1) is 12.7. The first-order valence-electron chi connectivity index (χ1n) is 8.23. The zero-order chi connectivity index (χ0) is 20.1. The van der Waals surface area contributed by atoms with Gasteiger partial charge in [-0.2, -0.15) is 4.72 Å². The summed E-state index contributed by atoms with van der Waals surface area (Å²) in [7, 11) is -3.68. The topological polar surface area (TPSA) is 75.3 Å². The number of halogens is 1. The molecule has 0 unspecified atom stereocenters. The third-order valence-corrected chi connectivity index (χ3v) is 5.74. The third kappa shape index (κ3) is 5.57. The lowest BCUT2D eigenvalue weighted by Crippen LogP contribution is -2.36. The van der Waals surface area contributed by atoms with Crippen LogP contribution in [0.5, 0.6) is 0 Å². The summed E-state index contributed by atoms with van der Waals surface area (Å²) < 4.78 is 26.3. The largest absolute Gasteiger partial charge is 0.351 e. The summed E-state index contributed by atoms with van der Waals surface area (Å²) in [5.41, 5.74) is 1.06. The summed E-state index contributed by atoms with van der Waals surface area (Å²) in [5.74, 6) is 1.92. The molecule has 1 amide bonds. The molecule has 0 atom stereocenters. The molecule has 2 aromatic rings. The number of carbonyl (C=O) groups excluding carboxylic acids is 1. The summed E-state index contributed by atoms with van der Waals surface area (Å²) in [6, 6.07) is 13.2. The molecule has 0 spiro atoms. The molecular weight excluding hydrogens is 384 g/mol. The molecule has 0 radical (unpaired) electrons. The van der Waals surface area contributed by atoms with Crippen molar-refractivity contribution < 1.29 is 13.2 Å². The van der Waals surface area contributed by atoms with Crippen LogP contribution < -0.4 is 10.0 Å². The standard InChI is InChI=1S/C20H21ClN2O3S/c1-4-12-23-27(25,26)18-10-8-15(9-11-18)19(24)22-14-20(2,3)16-6-5-7-17(21)13-16/h1,5-11,13,23H,12,14H2,2-3H3,(H,22,24). The van der Waals surface area contributed by atoms with E-state index in [4.69, 9.17) is 18.0 Å². The van der Waals surface area contributed by atoms with Crippen molar-refractivity contribution in [2.24, 2.45) is 0 Å². The van der Waals surface area contributed by atoms with E-state index < -0.39 is 10.0 Å². The van der Waals surface area contributed by atoms with Crippen LogP contribution in [0.15, 0.2) is 53.4 Å². The van der Waals surface area contributed by atoms with Gasteiger partial charge in [0.1, 0.15) is 0 Å². The van der Waals surface area contributed by atoms with E-state index in [2.05, 4.69) is 16.0 Å². The number of amides is 1. The Hall–Kier alpha value is -2.33. The molecule has 0 bridgehead atoms. The first kappa shape index (κ1) is 21.0. The molecule has 0 fully saturated rings. The number of benzene rings is 2. The average Bonchev–Trinajstić information content (AvgIpc) is 2.64. The SMILES string of the molecule is C#CCNS(=O)(=O)c1ccc(C(=O)NCC(C)(C)c2cccc(Cl)c2)cc1. The van der Waals surface area contributed by atoms with Gasteiger partial charge >= 0.3 is 0 Å². The minimum absolute atomic E-state index is 0.0496. The molecule has 5 nitrogen and oxygen atoms in total. The molecular formula is C20H21ClN2O3S. The van der Waals surface area contributed by atoms with Gasteiger partial charge < -0.3 is 5.32 Å². The van der Waals surface area contributed by atoms with Gasteiger partial charge in [0.25, 0.3) is 5.91 Å². The monoisotopic (exact) mass is 404 g/mol. The molecule has 0 saturated carbocycles. The maximum atomic E-state index is 12.4. The Morgan fingerprint density at radius 1 is 1.19 bits per heavy atom. The fraction of sp³-hybridized carbons (Fsp3) is 0.250. The van der Waals surface area contributed by atoms with E-state index in [9.17, 15) is 13.2 Å². The predicted molar refractivity (Wildman–Crippen MR) is 107 cm³/mol. The normalized spacial score (nSPS) is 11.6. The van der Waals surface area contributed by atoms with E-state index in [0.717, 1.165) is 5.56 Å². The highest BCUT2D eigenvalue weighted by Gasteiger charge is 2.22. The van der Waals surface area contributed by atoms with Gasteiger partial charge in [-0.1, -0.05) is 43.5 Å². The van der Waals surface area contributed by atoms with Crippen LogP contribution in [0.25, 0.3) is 0 Å². The van der Waals surface area contributed by atoms with Gasteiger partial charge in [-0.05, 0) is 42.0 Å². The van der Waals surface area contributed by atoms with Crippen molar-refractivity contribution in [3.63, 3.8) is 0 Å². The molecule has 2 rings (SSSR count). The Balaban J connectivity index is 2.05. The van der Waals surface area contributed by atoms with Gasteiger partial charge in [0, 0.05) is 22.5 Å². The minimum Gasteiger partial charge on any atom is -0.351 e. The Morgan fingerprint density at radius 3 is 2.44 bits per heavy atom. The predicted octanol–water partition coefficient (Wildman–Crippen LogP) is 2.96. The van der Waals surface area contributed by atoms with Crippen molar-refractivity contribution >= 4 is 27.5 Å². The van der Waals surface area contributed by atoms with Crippen molar-refractivity contribution in [1.29, 1.82) is 0 Å². The quantitative estimate of drug-likeness (QED) is 0.696. The summed E-state index contributed by atoms with van der Waals surface area (Å²) in [5, 5.41) is 3.52. The molecule has 7 heteroatoms. The van der Waals surface area contributed by atoms with Gasteiger partial charge in [-0.3, -0.25) is 4.79 Å².